The summed E-state index contributed by atoms with van der Waals surface area (Å²) in [6.07, 6.45) is 0. The minimum absolute atomic E-state index is 0.148. The highest BCUT2D eigenvalue weighted by molar-refractivity contribution is 6.46. The second-order valence-corrected chi connectivity index (χ2v) is 7.82. The van der Waals surface area contributed by atoms with Crippen LogP contribution in [0.1, 0.15) is 22.3 Å². The summed E-state index contributed by atoms with van der Waals surface area (Å²) in [5.41, 5.74) is 4.84. The summed E-state index contributed by atoms with van der Waals surface area (Å²) in [5, 5.41) is 3.15. The van der Waals surface area contributed by atoms with E-state index in [0.717, 1.165) is 21.6 Å². The first-order valence-corrected chi connectivity index (χ1v) is 10.2. The van der Waals surface area contributed by atoms with Crippen LogP contribution in [-0.4, -0.2) is 18.9 Å². The third kappa shape index (κ3) is 3.75. The molecule has 32 heavy (non-hydrogen) atoms. The van der Waals surface area contributed by atoms with Gasteiger partial charge in [0.05, 0.1) is 24.1 Å². The molecule has 2 amide bonds. The van der Waals surface area contributed by atoms with Crippen LogP contribution in [-0.2, 0) is 9.59 Å². The number of halogens is 1. The number of ether oxygens (including phenoxy) is 1. The van der Waals surface area contributed by atoms with Crippen molar-refractivity contribution in [2.24, 2.45) is 0 Å². The SMILES string of the molecule is COc1ccc(C)cc1NC1=C(c2ccc(C)cc2C)C(=O)N(c2ccc(F)cc2)C1=O. The Morgan fingerprint density at radius 2 is 1.50 bits per heavy atom. The van der Waals surface area contributed by atoms with Crippen molar-refractivity contribution in [2.45, 2.75) is 20.8 Å². The molecule has 0 fully saturated rings. The Balaban J connectivity index is 1.88. The lowest BCUT2D eigenvalue weighted by molar-refractivity contribution is -0.120. The Bertz CT molecular complexity index is 1260. The Labute approximate surface area is 186 Å². The topological polar surface area (TPSA) is 58.6 Å². The third-order valence-electron chi connectivity index (χ3n) is 5.43. The van der Waals surface area contributed by atoms with Crippen LogP contribution in [0.4, 0.5) is 15.8 Å². The number of nitrogens with zero attached hydrogens (tertiary/aromatic N) is 1. The van der Waals surface area contributed by atoms with Gasteiger partial charge in [0.25, 0.3) is 11.8 Å². The summed E-state index contributed by atoms with van der Waals surface area (Å²) >= 11 is 0. The lowest BCUT2D eigenvalue weighted by atomic mass is 9.97. The molecule has 0 radical (unpaired) electrons. The van der Waals surface area contributed by atoms with Crippen LogP contribution in [0, 0.1) is 26.6 Å². The number of hydrogen-bond acceptors (Lipinski definition) is 4. The van der Waals surface area contributed by atoms with E-state index in [1.807, 2.05) is 51.1 Å². The number of rotatable bonds is 5. The summed E-state index contributed by atoms with van der Waals surface area (Å²) in [6, 6.07) is 16.5. The van der Waals surface area contributed by atoms with Crippen LogP contribution in [0.25, 0.3) is 5.57 Å². The predicted molar refractivity (Wildman–Crippen MR) is 123 cm³/mol. The Morgan fingerprint density at radius 1 is 0.844 bits per heavy atom. The maximum absolute atomic E-state index is 13.5. The molecule has 162 valence electrons. The first kappa shape index (κ1) is 21.3. The van der Waals surface area contributed by atoms with Gasteiger partial charge in [0.15, 0.2) is 0 Å². The van der Waals surface area contributed by atoms with E-state index in [0.29, 0.717) is 22.7 Å². The van der Waals surface area contributed by atoms with Gasteiger partial charge in [0, 0.05) is 0 Å². The van der Waals surface area contributed by atoms with Crippen molar-refractivity contribution in [3.05, 3.63) is 94.4 Å². The van der Waals surface area contributed by atoms with E-state index in [-0.39, 0.29) is 11.3 Å². The zero-order chi connectivity index (χ0) is 23.0. The molecule has 0 saturated heterocycles. The van der Waals surface area contributed by atoms with Crippen molar-refractivity contribution < 1.29 is 18.7 Å². The van der Waals surface area contributed by atoms with Crippen molar-refractivity contribution in [2.75, 3.05) is 17.3 Å². The second kappa shape index (κ2) is 8.30. The molecule has 0 aliphatic carbocycles. The fourth-order valence-electron chi connectivity index (χ4n) is 3.87. The van der Waals surface area contributed by atoms with Crippen LogP contribution >= 0.6 is 0 Å². The van der Waals surface area contributed by atoms with Crippen LogP contribution in [0.2, 0.25) is 0 Å². The van der Waals surface area contributed by atoms with Crippen molar-refractivity contribution in [3.63, 3.8) is 0 Å². The predicted octanol–water partition coefficient (Wildman–Crippen LogP) is 5.16. The van der Waals surface area contributed by atoms with Crippen molar-refractivity contribution in [1.29, 1.82) is 0 Å². The third-order valence-corrected chi connectivity index (χ3v) is 5.43. The van der Waals surface area contributed by atoms with E-state index in [1.165, 1.54) is 24.3 Å². The fraction of sp³-hybridized carbons (Fsp3) is 0.154. The molecule has 0 saturated carbocycles. The summed E-state index contributed by atoms with van der Waals surface area (Å²) in [5.74, 6) is -0.885. The van der Waals surface area contributed by atoms with Gasteiger partial charge in [-0.05, 0) is 73.9 Å². The van der Waals surface area contributed by atoms with Gasteiger partial charge in [0.1, 0.15) is 17.3 Å². The van der Waals surface area contributed by atoms with E-state index in [1.54, 1.807) is 13.2 Å². The molecule has 4 rings (SSSR count). The standard InChI is InChI=1S/C26H23FN2O3/c1-15-5-11-20(17(3)13-15)23-24(28-21-14-16(2)6-12-22(21)32-4)26(31)29(25(23)30)19-9-7-18(27)8-10-19/h5-14,28H,1-4H3. The lowest BCUT2D eigenvalue weighted by Crippen LogP contribution is -2.32. The van der Waals surface area contributed by atoms with Crippen molar-refractivity contribution in [3.8, 4) is 5.75 Å². The fourth-order valence-corrected chi connectivity index (χ4v) is 3.87. The van der Waals surface area contributed by atoms with Crippen LogP contribution in [0.5, 0.6) is 5.75 Å². The van der Waals surface area contributed by atoms with Crippen LogP contribution < -0.4 is 15.0 Å². The van der Waals surface area contributed by atoms with Gasteiger partial charge in [-0.25, -0.2) is 9.29 Å². The smallest absolute Gasteiger partial charge is 0.282 e. The summed E-state index contributed by atoms with van der Waals surface area (Å²) in [7, 11) is 1.54. The van der Waals surface area contributed by atoms with E-state index in [2.05, 4.69) is 5.32 Å². The molecule has 3 aromatic rings. The number of amides is 2. The quantitative estimate of drug-likeness (QED) is 0.569. The first-order valence-electron chi connectivity index (χ1n) is 10.2. The number of nitrogens with one attached hydrogen (secondary N) is 1. The van der Waals surface area contributed by atoms with Gasteiger partial charge in [-0.1, -0.05) is 29.8 Å². The number of carbonyl (C=O) groups is 2. The monoisotopic (exact) mass is 430 g/mol. The first-order chi connectivity index (χ1) is 15.3. The maximum atomic E-state index is 13.5. The molecule has 5 nitrogen and oxygen atoms in total. The van der Waals surface area contributed by atoms with Gasteiger partial charge < -0.3 is 10.1 Å². The largest absolute Gasteiger partial charge is 0.495 e. The lowest BCUT2D eigenvalue weighted by Gasteiger charge is -2.16. The summed E-state index contributed by atoms with van der Waals surface area (Å²) in [6.45, 7) is 5.80. The summed E-state index contributed by atoms with van der Waals surface area (Å²) in [4.78, 5) is 28.1. The normalized spacial score (nSPS) is 13.7. The average Bonchev–Trinajstić information content (AvgIpc) is 2.99. The number of anilines is 2. The van der Waals surface area contributed by atoms with E-state index < -0.39 is 17.6 Å². The molecule has 0 unspecified atom stereocenters. The van der Waals surface area contributed by atoms with Gasteiger partial charge in [-0.3, -0.25) is 9.59 Å². The molecule has 1 N–H and O–H groups in total. The molecular weight excluding hydrogens is 407 g/mol. The Kier molecular flexibility index (Phi) is 5.53. The van der Waals surface area contributed by atoms with E-state index in [9.17, 15) is 14.0 Å². The number of carbonyl (C=O) groups excluding carboxylic acids is 2. The van der Waals surface area contributed by atoms with Gasteiger partial charge >= 0.3 is 0 Å². The average molecular weight is 430 g/mol. The maximum Gasteiger partial charge on any atom is 0.282 e. The van der Waals surface area contributed by atoms with Gasteiger partial charge in [-0.2, -0.15) is 0 Å². The Hall–Kier alpha value is -3.93. The van der Waals surface area contributed by atoms with Crippen molar-refractivity contribution in [1.82, 2.24) is 0 Å². The van der Waals surface area contributed by atoms with E-state index >= 15 is 0 Å². The van der Waals surface area contributed by atoms with Gasteiger partial charge in [-0.15, -0.1) is 0 Å². The van der Waals surface area contributed by atoms with E-state index in [4.69, 9.17) is 4.74 Å². The molecule has 0 aromatic heterocycles. The second-order valence-electron chi connectivity index (χ2n) is 7.82. The number of methoxy groups -OCH3 is 1. The highest BCUT2D eigenvalue weighted by atomic mass is 19.1. The minimum Gasteiger partial charge on any atom is -0.495 e. The molecule has 0 bridgehead atoms. The number of aryl methyl sites for hydroxylation is 3. The molecule has 1 heterocycles. The Morgan fingerprint density at radius 3 is 2.16 bits per heavy atom. The molecule has 1 aliphatic rings. The highest BCUT2D eigenvalue weighted by Crippen LogP contribution is 2.37. The zero-order valence-corrected chi connectivity index (χ0v) is 18.3. The highest BCUT2D eigenvalue weighted by Gasteiger charge is 2.41. The van der Waals surface area contributed by atoms with Gasteiger partial charge in [0.2, 0.25) is 0 Å². The number of benzene rings is 3. The molecule has 0 atom stereocenters. The van der Waals surface area contributed by atoms with Crippen LogP contribution in [0.3, 0.4) is 0 Å². The molecule has 1 aliphatic heterocycles. The molecule has 0 spiro atoms. The molecule has 6 heteroatoms. The van der Waals surface area contributed by atoms with Crippen molar-refractivity contribution >= 4 is 28.8 Å². The molecule has 3 aromatic carbocycles. The number of hydrogen-bond donors (Lipinski definition) is 1. The number of imide groups is 1. The van der Waals surface area contributed by atoms with Crippen LogP contribution in [0.15, 0.2) is 66.4 Å². The minimum atomic E-state index is -0.514. The summed E-state index contributed by atoms with van der Waals surface area (Å²) < 4.78 is 18.9. The molecular formula is C26H23FN2O3. The zero-order valence-electron chi connectivity index (χ0n) is 18.3.